The van der Waals surface area contributed by atoms with Crippen molar-refractivity contribution in [2.45, 2.75) is 199 Å². The van der Waals surface area contributed by atoms with E-state index in [1.54, 1.807) is 0 Å². The van der Waals surface area contributed by atoms with Gasteiger partial charge in [-0.2, -0.15) is 0 Å². The Kier molecular flexibility index (Phi) is 30.9. The zero-order valence-electron chi connectivity index (χ0n) is 26.4. The van der Waals surface area contributed by atoms with Crippen LogP contribution in [0.15, 0.2) is 12.2 Å². The van der Waals surface area contributed by atoms with E-state index in [-0.39, 0.29) is 12.5 Å². The van der Waals surface area contributed by atoms with Crippen LogP contribution in [-0.4, -0.2) is 34.9 Å². The van der Waals surface area contributed by atoms with Crippen LogP contribution in [0.25, 0.3) is 0 Å². The van der Waals surface area contributed by atoms with E-state index in [2.05, 4.69) is 31.3 Å². The smallest absolute Gasteiger partial charge is 0.220 e. The summed E-state index contributed by atoms with van der Waals surface area (Å²) in [5.41, 5.74) is 0. The fraction of sp³-hybridized carbons (Fsp3) is 0.914. The molecule has 0 aromatic rings. The van der Waals surface area contributed by atoms with E-state index in [1.807, 2.05) is 0 Å². The maximum Gasteiger partial charge on any atom is 0.220 e. The first-order valence-electron chi connectivity index (χ1n) is 17.4. The lowest BCUT2D eigenvalue weighted by Crippen LogP contribution is -2.45. The number of allylic oxidation sites excluding steroid dienone is 2. The lowest BCUT2D eigenvalue weighted by atomic mass is 10.0. The number of nitrogens with one attached hydrogen (secondary N) is 1. The number of amides is 1. The molecule has 0 aliphatic rings. The second-order valence-corrected chi connectivity index (χ2v) is 11.9. The van der Waals surface area contributed by atoms with Crippen LogP contribution < -0.4 is 5.32 Å². The van der Waals surface area contributed by atoms with Crippen molar-refractivity contribution in [3.8, 4) is 0 Å². The van der Waals surface area contributed by atoms with E-state index in [0.717, 1.165) is 25.7 Å². The molecule has 0 unspecified atom stereocenters. The minimum Gasteiger partial charge on any atom is -0.394 e. The van der Waals surface area contributed by atoms with Crippen molar-refractivity contribution in [2.75, 3.05) is 6.61 Å². The van der Waals surface area contributed by atoms with Gasteiger partial charge in [-0.3, -0.25) is 4.79 Å². The number of aliphatic hydroxyl groups excluding tert-OH is 2. The van der Waals surface area contributed by atoms with Gasteiger partial charge < -0.3 is 15.5 Å². The molecule has 0 aliphatic heterocycles. The molecule has 232 valence electrons. The summed E-state index contributed by atoms with van der Waals surface area (Å²) in [6.07, 6.45) is 36.8. The Balaban J connectivity index is 3.58. The first-order chi connectivity index (χ1) is 19.2. The highest BCUT2D eigenvalue weighted by Gasteiger charge is 2.19. The van der Waals surface area contributed by atoms with Gasteiger partial charge in [-0.1, -0.05) is 154 Å². The van der Waals surface area contributed by atoms with Crippen molar-refractivity contribution in [3.63, 3.8) is 0 Å². The highest BCUT2D eigenvalue weighted by molar-refractivity contribution is 5.76. The SMILES string of the molecule is CCCCCCCC/C=C/CCCCCCCC(=O)N[C@@H](CO)[C@H](O)CCCCCCCCCCCCCC. The molecule has 0 heterocycles. The normalized spacial score (nSPS) is 13.2. The van der Waals surface area contributed by atoms with Gasteiger partial charge in [0.15, 0.2) is 0 Å². The summed E-state index contributed by atoms with van der Waals surface area (Å²) >= 11 is 0. The molecule has 4 heteroatoms. The average molecular weight is 552 g/mol. The minimum absolute atomic E-state index is 0.0413. The third kappa shape index (κ3) is 28.5. The van der Waals surface area contributed by atoms with E-state index in [0.29, 0.717) is 12.8 Å². The van der Waals surface area contributed by atoms with Gasteiger partial charge in [0, 0.05) is 6.42 Å². The maximum atomic E-state index is 12.3. The second kappa shape index (κ2) is 31.7. The zero-order chi connectivity index (χ0) is 28.7. The molecular weight excluding hydrogens is 482 g/mol. The standard InChI is InChI=1S/C35H69NO3/c1-3-5-7-9-11-13-15-17-18-19-21-23-25-27-29-31-35(39)36-33(32-37)34(38)30-28-26-24-22-20-16-14-12-10-8-6-4-2/h17-18,33-34,37-38H,3-16,19-32H2,1-2H3,(H,36,39)/b18-17+/t33-,34+/m0/s1. The monoisotopic (exact) mass is 552 g/mol. The van der Waals surface area contributed by atoms with Gasteiger partial charge in [-0.15, -0.1) is 0 Å². The second-order valence-electron chi connectivity index (χ2n) is 11.9. The minimum atomic E-state index is -0.656. The molecule has 0 fully saturated rings. The predicted octanol–water partition coefficient (Wildman–Crippen LogP) is 9.95. The molecule has 0 rings (SSSR count). The molecule has 1 amide bonds. The van der Waals surface area contributed by atoms with Gasteiger partial charge in [0.1, 0.15) is 0 Å². The summed E-state index contributed by atoms with van der Waals surface area (Å²) in [4.78, 5) is 12.3. The molecule has 0 radical (unpaired) electrons. The van der Waals surface area contributed by atoms with Crippen LogP contribution in [0.4, 0.5) is 0 Å². The Hall–Kier alpha value is -0.870. The summed E-state index contributed by atoms with van der Waals surface area (Å²) in [6.45, 7) is 4.33. The van der Waals surface area contributed by atoms with Crippen LogP contribution in [-0.2, 0) is 4.79 Å². The molecule has 2 atom stereocenters. The Bertz CT molecular complexity index is 522. The van der Waals surface area contributed by atoms with Gasteiger partial charge in [0.25, 0.3) is 0 Å². The maximum absolute atomic E-state index is 12.3. The van der Waals surface area contributed by atoms with E-state index < -0.39 is 12.1 Å². The molecule has 4 nitrogen and oxygen atoms in total. The first-order valence-corrected chi connectivity index (χ1v) is 17.4. The summed E-state index contributed by atoms with van der Waals surface area (Å²) < 4.78 is 0. The molecule has 0 aromatic heterocycles. The zero-order valence-corrected chi connectivity index (χ0v) is 26.4. The quantitative estimate of drug-likeness (QED) is 0.0593. The molecule has 0 bridgehead atoms. The third-order valence-electron chi connectivity index (χ3n) is 8.03. The highest BCUT2D eigenvalue weighted by atomic mass is 16.3. The van der Waals surface area contributed by atoms with Gasteiger partial charge in [0.2, 0.25) is 5.91 Å². The first kappa shape index (κ1) is 38.1. The van der Waals surface area contributed by atoms with Gasteiger partial charge >= 0.3 is 0 Å². The molecular formula is C35H69NO3. The Morgan fingerprint density at radius 1 is 0.590 bits per heavy atom. The van der Waals surface area contributed by atoms with Crippen LogP contribution in [0, 0.1) is 0 Å². The summed E-state index contributed by atoms with van der Waals surface area (Å²) in [6, 6.07) is -0.534. The largest absolute Gasteiger partial charge is 0.394 e. The number of hydrogen-bond donors (Lipinski definition) is 3. The summed E-state index contributed by atoms with van der Waals surface area (Å²) in [5.74, 6) is -0.0413. The molecule has 0 aliphatic carbocycles. The van der Waals surface area contributed by atoms with Crippen molar-refractivity contribution in [3.05, 3.63) is 12.2 Å². The molecule has 0 spiro atoms. The number of aliphatic hydroxyl groups is 2. The number of carbonyl (C=O) groups is 1. The van der Waals surface area contributed by atoms with Gasteiger partial charge in [0.05, 0.1) is 18.8 Å². The lowest BCUT2D eigenvalue weighted by Gasteiger charge is -2.22. The van der Waals surface area contributed by atoms with Crippen LogP contribution >= 0.6 is 0 Å². The Morgan fingerprint density at radius 3 is 1.41 bits per heavy atom. The van der Waals surface area contributed by atoms with Gasteiger partial charge in [-0.25, -0.2) is 0 Å². The topological polar surface area (TPSA) is 69.6 Å². The molecule has 0 aromatic carbocycles. The van der Waals surface area contributed by atoms with Gasteiger partial charge in [-0.05, 0) is 38.5 Å². The van der Waals surface area contributed by atoms with Crippen molar-refractivity contribution in [1.29, 1.82) is 0 Å². The summed E-state index contributed by atoms with van der Waals surface area (Å²) in [7, 11) is 0. The van der Waals surface area contributed by atoms with E-state index in [4.69, 9.17) is 0 Å². The van der Waals surface area contributed by atoms with Crippen LogP contribution in [0.1, 0.15) is 187 Å². The third-order valence-corrected chi connectivity index (χ3v) is 8.03. The Labute approximate surface area is 244 Å². The van der Waals surface area contributed by atoms with Crippen LogP contribution in [0.2, 0.25) is 0 Å². The fourth-order valence-electron chi connectivity index (χ4n) is 5.29. The number of rotatable bonds is 31. The summed E-state index contributed by atoms with van der Waals surface area (Å²) in [5, 5.41) is 23.0. The van der Waals surface area contributed by atoms with E-state index in [9.17, 15) is 15.0 Å². The van der Waals surface area contributed by atoms with Crippen molar-refractivity contribution in [2.24, 2.45) is 0 Å². The van der Waals surface area contributed by atoms with Crippen LogP contribution in [0.5, 0.6) is 0 Å². The van der Waals surface area contributed by atoms with E-state index in [1.165, 1.54) is 135 Å². The van der Waals surface area contributed by atoms with Crippen LogP contribution in [0.3, 0.4) is 0 Å². The number of hydrogen-bond acceptors (Lipinski definition) is 3. The fourth-order valence-corrected chi connectivity index (χ4v) is 5.29. The van der Waals surface area contributed by atoms with E-state index >= 15 is 0 Å². The number of carbonyl (C=O) groups excluding carboxylic acids is 1. The molecule has 0 saturated carbocycles. The Morgan fingerprint density at radius 2 is 0.974 bits per heavy atom. The van der Waals surface area contributed by atoms with Crippen molar-refractivity contribution < 1.29 is 15.0 Å². The highest BCUT2D eigenvalue weighted by Crippen LogP contribution is 2.14. The van der Waals surface area contributed by atoms with Crippen molar-refractivity contribution in [1.82, 2.24) is 5.32 Å². The number of unbranched alkanes of at least 4 members (excludes halogenated alkanes) is 22. The predicted molar refractivity (Wildman–Crippen MR) is 170 cm³/mol. The molecule has 0 saturated heterocycles. The molecule has 39 heavy (non-hydrogen) atoms. The average Bonchev–Trinajstić information content (AvgIpc) is 2.94. The van der Waals surface area contributed by atoms with Crippen molar-refractivity contribution >= 4 is 5.91 Å². The lowest BCUT2D eigenvalue weighted by molar-refractivity contribution is -0.123. The molecule has 3 N–H and O–H groups in total.